The van der Waals surface area contributed by atoms with Gasteiger partial charge in [0.15, 0.2) is 0 Å². The van der Waals surface area contributed by atoms with Gasteiger partial charge >= 0.3 is 11.9 Å². The number of nitrogens with one attached hydrogen (secondary N) is 2. The molecular weight excluding hydrogens is 326 g/mol. The van der Waals surface area contributed by atoms with E-state index in [0.717, 1.165) is 6.42 Å². The van der Waals surface area contributed by atoms with Gasteiger partial charge in [-0.3, -0.25) is 20.0 Å². The van der Waals surface area contributed by atoms with Crippen molar-refractivity contribution < 1.29 is 14.1 Å². The van der Waals surface area contributed by atoms with Gasteiger partial charge in [-0.2, -0.15) is 0 Å². The molecule has 26 heavy (non-hydrogen) atoms. The lowest BCUT2D eigenvalue weighted by Gasteiger charge is -2.38. The number of ether oxygens (including phenoxy) is 1. The van der Waals surface area contributed by atoms with Crippen LogP contribution >= 0.6 is 0 Å². The summed E-state index contributed by atoms with van der Waals surface area (Å²) in [5, 5.41) is 7.32. The van der Waals surface area contributed by atoms with E-state index in [2.05, 4.69) is 29.1 Å². The highest BCUT2D eigenvalue weighted by atomic mass is 16.5. The van der Waals surface area contributed by atoms with Gasteiger partial charge in [-0.15, -0.1) is 0 Å². The number of nitrogens with zero attached hydrogens (tertiary/aromatic N) is 1. The molecule has 3 aliphatic rings. The lowest BCUT2D eigenvalue weighted by Crippen LogP contribution is -2.66. The molecule has 2 N–H and O–H groups in total. The summed E-state index contributed by atoms with van der Waals surface area (Å²) in [6.45, 7) is 4.39. The van der Waals surface area contributed by atoms with Crippen LogP contribution in [-0.2, 0) is 9.53 Å². The Labute approximate surface area is 159 Å². The Morgan fingerprint density at radius 3 is 2.58 bits per heavy atom. The molecule has 0 bridgehead atoms. The topological polar surface area (TPSA) is 53.4 Å². The monoisotopic (exact) mass is 364 g/mol. The minimum atomic E-state index is -0.0695. The van der Waals surface area contributed by atoms with E-state index in [1.807, 2.05) is 0 Å². The zero-order valence-electron chi connectivity index (χ0n) is 16.9. The quantitative estimate of drug-likeness (QED) is 0.375. The lowest BCUT2D eigenvalue weighted by molar-refractivity contribution is -0.598. The van der Waals surface area contributed by atoms with Crippen LogP contribution in [-0.4, -0.2) is 47.8 Å². The molecule has 0 saturated carbocycles. The van der Waals surface area contributed by atoms with Crippen LogP contribution in [0, 0.1) is 5.92 Å². The van der Waals surface area contributed by atoms with E-state index in [1.54, 1.807) is 0 Å². The van der Waals surface area contributed by atoms with Crippen LogP contribution in [0.4, 0.5) is 0 Å². The van der Waals surface area contributed by atoms with Crippen molar-refractivity contribution in [3.63, 3.8) is 0 Å². The van der Waals surface area contributed by atoms with Crippen molar-refractivity contribution >= 4 is 11.9 Å². The summed E-state index contributed by atoms with van der Waals surface area (Å²) in [4.78, 5) is 12.3. The molecule has 0 aliphatic carbocycles. The first kappa shape index (κ1) is 19.5. The predicted octanol–water partition coefficient (Wildman–Crippen LogP) is 3.17. The summed E-state index contributed by atoms with van der Waals surface area (Å²) in [6, 6.07) is 1.58. The third-order valence-electron chi connectivity index (χ3n) is 6.65. The van der Waals surface area contributed by atoms with Gasteiger partial charge in [0, 0.05) is 6.42 Å². The minimum Gasteiger partial charge on any atom is -0.469 e. The Morgan fingerprint density at radius 2 is 1.85 bits per heavy atom. The maximum Gasteiger partial charge on any atom is 0.346 e. The first-order valence-electron chi connectivity index (χ1n) is 10.9. The van der Waals surface area contributed by atoms with E-state index in [9.17, 15) is 4.79 Å². The standard InChI is InChI=1S/C21H37N3O2/c1-4-5-6-7-8-9-10-11-16-14-17-12-13-18-19(20(25)26-3)15(2)22-21(23-16)24(17)18/h15-19H,4-14H2,1-3H3,(H,22,23)/p+1/t15-,16+,17-,18+,19+/m0/s1. The molecule has 0 amide bonds. The van der Waals surface area contributed by atoms with Gasteiger partial charge in [0.05, 0.1) is 31.3 Å². The van der Waals surface area contributed by atoms with E-state index < -0.39 is 0 Å². The number of guanidine groups is 1. The second kappa shape index (κ2) is 9.09. The Kier molecular flexibility index (Phi) is 6.82. The number of hydrogen-bond donors (Lipinski definition) is 2. The average Bonchev–Trinajstić information content (AvgIpc) is 3.05. The number of carbonyl (C=O) groups excluding carboxylic acids is 1. The fourth-order valence-corrected chi connectivity index (χ4v) is 5.29. The van der Waals surface area contributed by atoms with Gasteiger partial charge in [0.2, 0.25) is 0 Å². The summed E-state index contributed by atoms with van der Waals surface area (Å²) >= 11 is 0. The Morgan fingerprint density at radius 1 is 1.12 bits per heavy atom. The molecule has 5 heteroatoms. The van der Waals surface area contributed by atoms with Gasteiger partial charge < -0.3 is 4.74 Å². The van der Waals surface area contributed by atoms with Crippen molar-refractivity contribution in [3.05, 3.63) is 0 Å². The molecule has 3 heterocycles. The Bertz CT molecular complexity index is 519. The molecular formula is C21H38N3O2+. The number of unbranched alkanes of at least 4 members (excludes halogenated alkanes) is 6. The van der Waals surface area contributed by atoms with Crippen LogP contribution in [0.1, 0.15) is 84.5 Å². The number of methoxy groups -OCH3 is 1. The Balaban J connectivity index is 1.52. The van der Waals surface area contributed by atoms with Gasteiger partial charge in [-0.25, -0.2) is 0 Å². The summed E-state index contributed by atoms with van der Waals surface area (Å²) in [5.41, 5.74) is 0. The van der Waals surface area contributed by atoms with Crippen LogP contribution in [0.25, 0.3) is 0 Å². The van der Waals surface area contributed by atoms with Gasteiger partial charge in [-0.05, 0) is 26.2 Å². The number of hydrogen-bond acceptors (Lipinski definition) is 4. The van der Waals surface area contributed by atoms with E-state index in [4.69, 9.17) is 4.74 Å². The second-order valence-electron chi connectivity index (χ2n) is 8.52. The maximum atomic E-state index is 12.3. The molecule has 0 aromatic carbocycles. The Hall–Kier alpha value is -1.26. The van der Waals surface area contributed by atoms with Crippen molar-refractivity contribution in [2.24, 2.45) is 5.92 Å². The van der Waals surface area contributed by atoms with Crippen molar-refractivity contribution in [1.29, 1.82) is 0 Å². The molecule has 0 radical (unpaired) electrons. The molecule has 1 saturated heterocycles. The molecule has 3 aliphatic heterocycles. The average molecular weight is 365 g/mol. The molecule has 148 valence electrons. The van der Waals surface area contributed by atoms with Crippen LogP contribution in [0.3, 0.4) is 0 Å². The molecule has 0 aromatic heterocycles. The van der Waals surface area contributed by atoms with Gasteiger partial charge in [0.1, 0.15) is 5.92 Å². The fourth-order valence-electron chi connectivity index (χ4n) is 5.29. The van der Waals surface area contributed by atoms with E-state index >= 15 is 0 Å². The van der Waals surface area contributed by atoms with Crippen molar-refractivity contribution in [2.75, 3.05) is 7.11 Å². The predicted molar refractivity (Wildman–Crippen MR) is 104 cm³/mol. The third kappa shape index (κ3) is 4.17. The van der Waals surface area contributed by atoms with E-state index in [0.29, 0.717) is 18.1 Å². The SMILES string of the molecule is CCCCCCCCC[C@@H]1C[C@@H]2CC[C@@H]3[C@H](C(=O)OC)[C@H](C)NC(=[N+]23)N1. The summed E-state index contributed by atoms with van der Waals surface area (Å²) in [5.74, 6) is 1.04. The zero-order chi connectivity index (χ0) is 18.5. The molecule has 0 aromatic rings. The second-order valence-corrected chi connectivity index (χ2v) is 8.52. The summed E-state index contributed by atoms with van der Waals surface area (Å²) in [6.07, 6.45) is 14.4. The maximum absolute atomic E-state index is 12.3. The normalized spacial score (nSPS) is 32.7. The zero-order valence-corrected chi connectivity index (χ0v) is 16.9. The smallest absolute Gasteiger partial charge is 0.346 e. The molecule has 0 spiro atoms. The van der Waals surface area contributed by atoms with Crippen molar-refractivity contribution in [1.82, 2.24) is 10.6 Å². The van der Waals surface area contributed by atoms with Gasteiger partial charge in [-0.1, -0.05) is 51.9 Å². The molecule has 5 nitrogen and oxygen atoms in total. The summed E-state index contributed by atoms with van der Waals surface area (Å²) < 4.78 is 7.54. The third-order valence-corrected chi connectivity index (χ3v) is 6.65. The number of esters is 1. The first-order valence-corrected chi connectivity index (χ1v) is 10.9. The van der Waals surface area contributed by atoms with Crippen molar-refractivity contribution in [3.8, 4) is 0 Å². The lowest BCUT2D eigenvalue weighted by atomic mass is 9.90. The van der Waals surface area contributed by atoms with Crippen LogP contribution < -0.4 is 10.6 Å². The highest BCUT2D eigenvalue weighted by Gasteiger charge is 2.52. The van der Waals surface area contributed by atoms with E-state index in [1.165, 1.54) is 77.3 Å². The largest absolute Gasteiger partial charge is 0.469 e. The van der Waals surface area contributed by atoms with Crippen LogP contribution in [0.2, 0.25) is 0 Å². The van der Waals surface area contributed by atoms with Crippen molar-refractivity contribution in [2.45, 2.75) is 109 Å². The number of carbonyl (C=O) groups is 1. The first-order chi connectivity index (χ1) is 12.7. The minimum absolute atomic E-state index is 0.0600. The van der Waals surface area contributed by atoms with E-state index in [-0.39, 0.29) is 17.9 Å². The number of rotatable bonds is 9. The fraction of sp³-hybridized carbons (Fsp3) is 0.905. The highest BCUT2D eigenvalue weighted by Crippen LogP contribution is 2.34. The molecule has 3 rings (SSSR count). The molecule has 1 fully saturated rings. The highest BCUT2D eigenvalue weighted by molar-refractivity contribution is 5.80. The van der Waals surface area contributed by atoms with Crippen LogP contribution in [0.15, 0.2) is 0 Å². The molecule has 5 atom stereocenters. The van der Waals surface area contributed by atoms with Crippen LogP contribution in [0.5, 0.6) is 0 Å². The van der Waals surface area contributed by atoms with Gasteiger partial charge in [0.25, 0.3) is 0 Å². The summed E-state index contributed by atoms with van der Waals surface area (Å²) in [7, 11) is 1.51. The molecule has 0 unspecified atom stereocenters.